The average Bonchev–Trinajstić information content (AvgIpc) is 3.19. The highest BCUT2D eigenvalue weighted by atomic mass is 79.9. The maximum atomic E-state index is 13.2. The smallest absolute Gasteiger partial charge is 0.334 e. The molecule has 2 aromatic heterocycles. The van der Waals surface area contributed by atoms with E-state index in [1.165, 1.54) is 6.42 Å². The van der Waals surface area contributed by atoms with Crippen LogP contribution in [0.1, 0.15) is 25.7 Å². The summed E-state index contributed by atoms with van der Waals surface area (Å²) in [6.45, 7) is 1.77. The molecule has 2 aromatic rings. The van der Waals surface area contributed by atoms with Gasteiger partial charge in [0.2, 0.25) is 0 Å². The lowest BCUT2D eigenvalue weighted by atomic mass is 10.0. The van der Waals surface area contributed by atoms with Gasteiger partial charge in [0.15, 0.2) is 5.65 Å². The number of hydrogen-bond acceptors (Lipinski definition) is 4. The Kier molecular flexibility index (Phi) is 4.80. The van der Waals surface area contributed by atoms with Gasteiger partial charge in [0.1, 0.15) is 0 Å². The lowest BCUT2D eigenvalue weighted by molar-refractivity contribution is 0.0632. The Bertz CT molecular complexity index is 870. The van der Waals surface area contributed by atoms with Crippen LogP contribution >= 0.6 is 15.9 Å². The van der Waals surface area contributed by atoms with Crippen molar-refractivity contribution in [1.29, 1.82) is 0 Å². The molecule has 0 N–H and O–H groups in total. The minimum atomic E-state index is -0.0181. The molecule has 0 saturated carbocycles. The van der Waals surface area contributed by atoms with E-state index < -0.39 is 0 Å². The van der Waals surface area contributed by atoms with Gasteiger partial charge in [-0.15, -0.1) is 0 Å². The summed E-state index contributed by atoms with van der Waals surface area (Å²) in [6, 6.07) is 1.97. The molecule has 3 heterocycles. The Morgan fingerprint density at radius 2 is 2.28 bits per heavy atom. The molecule has 0 aromatic carbocycles. The fourth-order valence-corrected chi connectivity index (χ4v) is 4.13. The Balaban J connectivity index is 1.83. The molecule has 4 rings (SSSR count). The van der Waals surface area contributed by atoms with Gasteiger partial charge in [0.25, 0.3) is 0 Å². The summed E-state index contributed by atoms with van der Waals surface area (Å²) in [5, 5.41) is 0. The molecule has 0 amide bonds. The second kappa shape index (κ2) is 7.05. The van der Waals surface area contributed by atoms with Crippen molar-refractivity contribution in [2.75, 3.05) is 20.3 Å². The molecule has 2 aliphatic rings. The molecule has 0 unspecified atom stereocenters. The second-order valence-corrected chi connectivity index (χ2v) is 7.65. The van der Waals surface area contributed by atoms with E-state index in [-0.39, 0.29) is 17.7 Å². The van der Waals surface area contributed by atoms with Crippen molar-refractivity contribution in [3.8, 4) is 0 Å². The highest BCUT2D eigenvalue weighted by molar-refractivity contribution is 9.10. The number of nitrogens with zero attached hydrogens (tertiary/aromatic N) is 3. The molecule has 7 heteroatoms. The van der Waals surface area contributed by atoms with Gasteiger partial charge in [-0.3, -0.25) is 4.57 Å². The molecule has 6 nitrogen and oxygen atoms in total. The number of rotatable bonds is 4. The molecule has 1 aliphatic carbocycles. The van der Waals surface area contributed by atoms with Crippen molar-refractivity contribution in [1.82, 2.24) is 14.1 Å². The Labute approximate surface area is 154 Å². The van der Waals surface area contributed by atoms with Crippen LogP contribution in [0.3, 0.4) is 0 Å². The number of ether oxygens (including phenoxy) is 2. The predicted octanol–water partition coefficient (Wildman–Crippen LogP) is 3.04. The minimum absolute atomic E-state index is 0.0181. The fraction of sp³-hybridized carbons (Fsp3) is 0.556. The van der Waals surface area contributed by atoms with E-state index >= 15 is 0 Å². The largest absolute Gasteiger partial charge is 0.379 e. The van der Waals surface area contributed by atoms with Crippen LogP contribution in [-0.2, 0) is 16.0 Å². The molecule has 1 fully saturated rings. The van der Waals surface area contributed by atoms with E-state index in [2.05, 4.69) is 27.0 Å². The van der Waals surface area contributed by atoms with Gasteiger partial charge in [-0.05, 0) is 47.7 Å². The van der Waals surface area contributed by atoms with E-state index in [4.69, 9.17) is 9.47 Å². The summed E-state index contributed by atoms with van der Waals surface area (Å²) in [5.74, 6) is 0.168. The highest BCUT2D eigenvalue weighted by Gasteiger charge is 2.30. The molecule has 0 bridgehead atoms. The number of imidazole rings is 1. The highest BCUT2D eigenvalue weighted by Crippen LogP contribution is 2.26. The Morgan fingerprint density at radius 3 is 3.04 bits per heavy atom. The molecule has 134 valence electrons. The van der Waals surface area contributed by atoms with Crippen molar-refractivity contribution in [3.05, 3.63) is 33.3 Å². The van der Waals surface area contributed by atoms with Crippen LogP contribution in [0.5, 0.6) is 0 Å². The number of methoxy groups -OCH3 is 1. The molecule has 25 heavy (non-hydrogen) atoms. The number of aromatic nitrogens is 3. The second-order valence-electron chi connectivity index (χ2n) is 6.74. The Hall–Kier alpha value is -1.44. The van der Waals surface area contributed by atoms with Crippen molar-refractivity contribution < 1.29 is 9.47 Å². The van der Waals surface area contributed by atoms with Crippen LogP contribution in [0.2, 0.25) is 0 Å². The molecular weight excluding hydrogens is 386 g/mol. The first kappa shape index (κ1) is 17.0. The van der Waals surface area contributed by atoms with Gasteiger partial charge in [-0.25, -0.2) is 14.3 Å². The van der Waals surface area contributed by atoms with Gasteiger partial charge in [-0.2, -0.15) is 0 Å². The number of pyridine rings is 1. The van der Waals surface area contributed by atoms with Gasteiger partial charge >= 0.3 is 5.69 Å². The molecule has 2 atom stereocenters. The first-order valence-corrected chi connectivity index (χ1v) is 9.55. The van der Waals surface area contributed by atoms with Gasteiger partial charge < -0.3 is 9.47 Å². The molecule has 0 radical (unpaired) electrons. The minimum Gasteiger partial charge on any atom is -0.379 e. The van der Waals surface area contributed by atoms with Crippen LogP contribution in [-0.4, -0.2) is 40.5 Å². The number of fused-ring (bicyclic) bond motifs is 1. The monoisotopic (exact) mass is 407 g/mol. The summed E-state index contributed by atoms with van der Waals surface area (Å²) in [4.78, 5) is 17.8. The zero-order valence-electron chi connectivity index (χ0n) is 14.3. The summed E-state index contributed by atoms with van der Waals surface area (Å²) < 4.78 is 15.5. The first-order valence-electron chi connectivity index (χ1n) is 8.76. The van der Waals surface area contributed by atoms with E-state index in [0.29, 0.717) is 19.8 Å². The standard InChI is InChI=1S/C18H22BrN3O3/c1-24-16-11-25-10-12(16)9-21-15-7-13(19)8-20-17(15)22(18(21)23)14-5-3-2-4-6-14/h5,7-8,12,16H,2-4,6,9-11H2,1H3/t12-,16-/m0/s1. The lowest BCUT2D eigenvalue weighted by Crippen LogP contribution is -2.31. The molecule has 1 aliphatic heterocycles. The average molecular weight is 408 g/mol. The van der Waals surface area contributed by atoms with Crippen molar-refractivity contribution in [2.45, 2.75) is 38.3 Å². The van der Waals surface area contributed by atoms with Gasteiger partial charge in [0.05, 0.1) is 24.8 Å². The first-order chi connectivity index (χ1) is 12.2. The summed E-state index contributed by atoms with van der Waals surface area (Å²) in [6.07, 6.45) is 8.20. The number of allylic oxidation sites excluding steroid dienone is 2. The summed E-state index contributed by atoms with van der Waals surface area (Å²) in [7, 11) is 1.70. The maximum Gasteiger partial charge on any atom is 0.334 e. The van der Waals surface area contributed by atoms with E-state index in [1.807, 2.05) is 10.6 Å². The van der Waals surface area contributed by atoms with Crippen LogP contribution in [0.25, 0.3) is 16.9 Å². The number of hydrogen-bond donors (Lipinski definition) is 0. The van der Waals surface area contributed by atoms with Crippen LogP contribution in [0.4, 0.5) is 0 Å². The predicted molar refractivity (Wildman–Crippen MR) is 99.5 cm³/mol. The van der Waals surface area contributed by atoms with Crippen LogP contribution < -0.4 is 5.69 Å². The topological polar surface area (TPSA) is 58.3 Å². The maximum absolute atomic E-state index is 13.2. The third-order valence-electron chi connectivity index (χ3n) is 5.15. The third kappa shape index (κ3) is 3.09. The quantitative estimate of drug-likeness (QED) is 0.781. The molecule has 1 saturated heterocycles. The summed E-state index contributed by atoms with van der Waals surface area (Å²) >= 11 is 3.48. The summed E-state index contributed by atoms with van der Waals surface area (Å²) in [5.41, 5.74) is 2.64. The van der Waals surface area contributed by atoms with Crippen LogP contribution in [0.15, 0.2) is 27.6 Å². The van der Waals surface area contributed by atoms with E-state index in [1.54, 1.807) is 17.9 Å². The van der Waals surface area contributed by atoms with Gasteiger partial charge in [-0.1, -0.05) is 6.08 Å². The SMILES string of the molecule is CO[C@H]1COC[C@@H]1Cn1c(=O)n(C2=CCCCC2)c2ncc(Br)cc21. The van der Waals surface area contributed by atoms with E-state index in [0.717, 1.165) is 40.6 Å². The van der Waals surface area contributed by atoms with Crippen molar-refractivity contribution >= 4 is 32.8 Å². The van der Waals surface area contributed by atoms with Gasteiger partial charge in [0, 0.05) is 35.9 Å². The molecular formula is C18H22BrN3O3. The zero-order chi connectivity index (χ0) is 17.4. The zero-order valence-corrected chi connectivity index (χ0v) is 15.9. The molecule has 0 spiro atoms. The normalized spacial score (nSPS) is 24.0. The lowest BCUT2D eigenvalue weighted by Gasteiger charge is -2.16. The van der Waals surface area contributed by atoms with Crippen molar-refractivity contribution in [2.24, 2.45) is 5.92 Å². The van der Waals surface area contributed by atoms with Crippen molar-refractivity contribution in [3.63, 3.8) is 0 Å². The number of halogens is 1. The third-order valence-corrected chi connectivity index (χ3v) is 5.59. The Morgan fingerprint density at radius 1 is 1.40 bits per heavy atom. The van der Waals surface area contributed by atoms with Crippen LogP contribution in [0, 0.1) is 5.92 Å². The fourth-order valence-electron chi connectivity index (χ4n) is 3.81. The van der Waals surface area contributed by atoms with E-state index in [9.17, 15) is 4.79 Å².